The largest absolute Gasteiger partial charge is 0.508 e. The summed E-state index contributed by atoms with van der Waals surface area (Å²) in [5, 5.41) is 39.7. The number of ether oxygens (including phenoxy) is 1. The molecule has 0 bridgehead atoms. The molecule has 0 saturated carbocycles. The van der Waals surface area contributed by atoms with Gasteiger partial charge in [-0.2, -0.15) is 0 Å². The van der Waals surface area contributed by atoms with Crippen LogP contribution in [0.25, 0.3) is 0 Å². The third kappa shape index (κ3) is 5.98. The predicted octanol–water partition coefficient (Wildman–Crippen LogP) is 5.87. The summed E-state index contributed by atoms with van der Waals surface area (Å²) < 4.78 is 5.81. The van der Waals surface area contributed by atoms with Crippen LogP contribution in [0.5, 0.6) is 34.5 Å². The van der Waals surface area contributed by atoms with Crippen molar-refractivity contribution in [2.75, 3.05) is 0 Å². The standard InChI is InChI=1S/C28H26O5/c29-23-12-8-19(9-13-23)4-5-21-11-15-27(26(32)17-21)33-28-18-22(10-14-25(28)31)7-6-20-2-1-3-24(30)16-20/h1-3,8-18,29-32H,4-7H2. The number of phenols is 4. The van der Waals surface area contributed by atoms with Crippen molar-refractivity contribution in [3.63, 3.8) is 0 Å². The fraction of sp³-hybridized carbons (Fsp3) is 0.143. The molecular weight excluding hydrogens is 416 g/mol. The van der Waals surface area contributed by atoms with E-state index in [1.807, 2.05) is 36.4 Å². The van der Waals surface area contributed by atoms with Gasteiger partial charge in [-0.25, -0.2) is 0 Å². The fourth-order valence-electron chi connectivity index (χ4n) is 3.67. The molecular formula is C28H26O5. The zero-order valence-electron chi connectivity index (χ0n) is 18.1. The van der Waals surface area contributed by atoms with E-state index < -0.39 is 0 Å². The summed E-state index contributed by atoms with van der Waals surface area (Å²) in [6.07, 6.45) is 2.96. The van der Waals surface area contributed by atoms with Crippen molar-refractivity contribution >= 4 is 0 Å². The Labute approximate surface area is 192 Å². The van der Waals surface area contributed by atoms with E-state index in [1.165, 1.54) is 0 Å². The van der Waals surface area contributed by atoms with E-state index in [0.29, 0.717) is 6.42 Å². The average molecular weight is 443 g/mol. The fourth-order valence-corrected chi connectivity index (χ4v) is 3.67. The molecule has 168 valence electrons. The molecule has 0 saturated heterocycles. The predicted molar refractivity (Wildman–Crippen MR) is 127 cm³/mol. The highest BCUT2D eigenvalue weighted by Gasteiger charge is 2.10. The molecule has 33 heavy (non-hydrogen) atoms. The molecule has 0 spiro atoms. The van der Waals surface area contributed by atoms with Crippen LogP contribution in [0, 0.1) is 0 Å². The number of phenolic OH excluding ortho intramolecular Hbond substituents is 4. The van der Waals surface area contributed by atoms with E-state index in [-0.39, 0.29) is 34.5 Å². The van der Waals surface area contributed by atoms with Crippen molar-refractivity contribution < 1.29 is 25.2 Å². The second kappa shape index (κ2) is 10.0. The average Bonchev–Trinajstić information content (AvgIpc) is 2.81. The number of rotatable bonds is 8. The maximum absolute atomic E-state index is 10.5. The highest BCUT2D eigenvalue weighted by molar-refractivity contribution is 5.49. The van der Waals surface area contributed by atoms with E-state index >= 15 is 0 Å². The molecule has 0 radical (unpaired) electrons. The van der Waals surface area contributed by atoms with Gasteiger partial charge in [-0.1, -0.05) is 36.4 Å². The molecule has 0 atom stereocenters. The SMILES string of the molecule is Oc1ccc(CCc2ccc(Oc3cc(CCc4cccc(O)c4)ccc3O)c(O)c2)cc1. The summed E-state index contributed by atoms with van der Waals surface area (Å²) in [5.74, 6) is 1.02. The lowest BCUT2D eigenvalue weighted by atomic mass is 10.0. The summed E-state index contributed by atoms with van der Waals surface area (Å²) in [7, 11) is 0. The van der Waals surface area contributed by atoms with E-state index in [4.69, 9.17) is 4.74 Å². The van der Waals surface area contributed by atoms with Crippen molar-refractivity contribution in [1.82, 2.24) is 0 Å². The summed E-state index contributed by atoms with van der Waals surface area (Å²) in [5.41, 5.74) is 4.04. The van der Waals surface area contributed by atoms with Crippen LogP contribution in [0.15, 0.2) is 84.9 Å². The lowest BCUT2D eigenvalue weighted by Crippen LogP contribution is -1.94. The van der Waals surface area contributed by atoms with E-state index in [1.54, 1.807) is 48.5 Å². The third-order valence-electron chi connectivity index (χ3n) is 5.52. The van der Waals surface area contributed by atoms with Crippen LogP contribution in [-0.2, 0) is 25.7 Å². The first-order valence-electron chi connectivity index (χ1n) is 10.8. The number of hydrogen-bond acceptors (Lipinski definition) is 5. The van der Waals surface area contributed by atoms with Gasteiger partial charge in [-0.05, 0) is 96.5 Å². The molecule has 0 unspecified atom stereocenters. The van der Waals surface area contributed by atoms with Gasteiger partial charge in [-0.15, -0.1) is 0 Å². The highest BCUT2D eigenvalue weighted by atomic mass is 16.5. The summed E-state index contributed by atoms with van der Waals surface area (Å²) >= 11 is 0. The van der Waals surface area contributed by atoms with Gasteiger partial charge in [0.15, 0.2) is 23.0 Å². The molecule has 0 amide bonds. The van der Waals surface area contributed by atoms with Crippen molar-refractivity contribution in [2.24, 2.45) is 0 Å². The van der Waals surface area contributed by atoms with Crippen LogP contribution in [0.2, 0.25) is 0 Å². The molecule has 0 aliphatic rings. The minimum atomic E-state index is -0.00749. The summed E-state index contributed by atoms with van der Waals surface area (Å²) in [6, 6.07) is 24.6. The Balaban J connectivity index is 1.41. The van der Waals surface area contributed by atoms with Crippen LogP contribution in [0.3, 0.4) is 0 Å². The topological polar surface area (TPSA) is 90.2 Å². The Morgan fingerprint density at radius 3 is 1.76 bits per heavy atom. The molecule has 4 N–H and O–H groups in total. The zero-order valence-corrected chi connectivity index (χ0v) is 18.1. The molecule has 5 heteroatoms. The first kappa shape index (κ1) is 22.1. The Hall–Kier alpha value is -4.12. The Morgan fingerprint density at radius 2 is 1.06 bits per heavy atom. The molecule has 4 aromatic carbocycles. The van der Waals surface area contributed by atoms with Crippen LogP contribution in [-0.4, -0.2) is 20.4 Å². The maximum atomic E-state index is 10.5. The molecule has 5 nitrogen and oxygen atoms in total. The van der Waals surface area contributed by atoms with Gasteiger partial charge >= 0.3 is 0 Å². The second-order valence-electron chi connectivity index (χ2n) is 8.04. The Bertz CT molecular complexity index is 1230. The zero-order chi connectivity index (χ0) is 23.2. The third-order valence-corrected chi connectivity index (χ3v) is 5.52. The van der Waals surface area contributed by atoms with E-state index in [2.05, 4.69) is 0 Å². The molecule has 0 fully saturated rings. The van der Waals surface area contributed by atoms with Crippen LogP contribution < -0.4 is 4.74 Å². The smallest absolute Gasteiger partial charge is 0.169 e. The van der Waals surface area contributed by atoms with Crippen LogP contribution in [0.4, 0.5) is 0 Å². The number of benzene rings is 4. The first-order chi connectivity index (χ1) is 16.0. The molecule has 4 rings (SSSR count). The van der Waals surface area contributed by atoms with Crippen molar-refractivity contribution in [2.45, 2.75) is 25.7 Å². The molecule has 0 aromatic heterocycles. The van der Waals surface area contributed by atoms with Crippen molar-refractivity contribution in [3.05, 3.63) is 107 Å². The van der Waals surface area contributed by atoms with Gasteiger partial charge < -0.3 is 25.2 Å². The van der Waals surface area contributed by atoms with Crippen LogP contribution in [0.1, 0.15) is 22.3 Å². The molecule has 4 aromatic rings. The van der Waals surface area contributed by atoms with Gasteiger partial charge in [0.05, 0.1) is 0 Å². The normalized spacial score (nSPS) is 10.8. The Morgan fingerprint density at radius 1 is 0.455 bits per heavy atom. The number of aromatic hydroxyl groups is 4. The minimum Gasteiger partial charge on any atom is -0.508 e. The summed E-state index contributed by atoms with van der Waals surface area (Å²) in [6.45, 7) is 0. The van der Waals surface area contributed by atoms with Crippen molar-refractivity contribution in [1.29, 1.82) is 0 Å². The maximum Gasteiger partial charge on any atom is 0.169 e. The molecule has 0 aliphatic heterocycles. The first-order valence-corrected chi connectivity index (χ1v) is 10.8. The van der Waals surface area contributed by atoms with Gasteiger partial charge in [0, 0.05) is 0 Å². The van der Waals surface area contributed by atoms with Gasteiger partial charge in [-0.3, -0.25) is 0 Å². The second-order valence-corrected chi connectivity index (χ2v) is 8.04. The quantitative estimate of drug-likeness (QED) is 0.274. The van der Waals surface area contributed by atoms with Gasteiger partial charge in [0.2, 0.25) is 0 Å². The summed E-state index contributed by atoms with van der Waals surface area (Å²) in [4.78, 5) is 0. The Kier molecular flexibility index (Phi) is 6.69. The lowest BCUT2D eigenvalue weighted by Gasteiger charge is -2.12. The molecule has 0 heterocycles. The lowest BCUT2D eigenvalue weighted by molar-refractivity contribution is 0.384. The van der Waals surface area contributed by atoms with E-state index in [0.717, 1.165) is 41.5 Å². The number of aryl methyl sites for hydroxylation is 4. The minimum absolute atomic E-state index is 0.00256. The van der Waals surface area contributed by atoms with Gasteiger partial charge in [0.1, 0.15) is 11.5 Å². The number of hydrogen-bond donors (Lipinski definition) is 4. The van der Waals surface area contributed by atoms with Gasteiger partial charge in [0.25, 0.3) is 0 Å². The van der Waals surface area contributed by atoms with Crippen molar-refractivity contribution in [3.8, 4) is 34.5 Å². The van der Waals surface area contributed by atoms with Crippen LogP contribution >= 0.6 is 0 Å². The van der Waals surface area contributed by atoms with E-state index in [9.17, 15) is 20.4 Å². The molecule has 0 aliphatic carbocycles. The monoisotopic (exact) mass is 442 g/mol. The highest BCUT2D eigenvalue weighted by Crippen LogP contribution is 2.36.